The molecule has 1 saturated heterocycles. The van der Waals surface area contributed by atoms with E-state index in [0.29, 0.717) is 0 Å². The zero-order chi connectivity index (χ0) is 14.9. The fourth-order valence-corrected chi connectivity index (χ4v) is 4.43. The Kier molecular flexibility index (Phi) is 3.82. The summed E-state index contributed by atoms with van der Waals surface area (Å²) in [4.78, 5) is 17.0. The van der Waals surface area contributed by atoms with Crippen molar-refractivity contribution < 1.29 is 9.53 Å². The number of ether oxygens (including phenoxy) is 1. The van der Waals surface area contributed by atoms with Gasteiger partial charge in [-0.25, -0.2) is 4.98 Å². The first-order valence-corrected chi connectivity index (χ1v) is 9.16. The number of carbonyl (C=O) groups is 1. The molecule has 0 radical (unpaired) electrons. The van der Waals surface area contributed by atoms with Gasteiger partial charge in [0.05, 0.1) is 24.2 Å². The number of hydrogen-bond acceptors (Lipinski definition) is 5. The average Bonchev–Trinajstić information content (AvgIpc) is 3.28. The van der Waals surface area contributed by atoms with Gasteiger partial charge in [0, 0.05) is 18.0 Å². The standard InChI is InChI=1S/C16H16N2O2S2/c19-15(12-8-11-1-2-14(12)20-11)18-13(16-17-4-6-22-16)7-10-3-5-21-9-10/h1-6,9,11-14H,7-8H2,(H,18,19)/t11-,12-,13-,14-/m0/s1. The molecule has 2 aromatic rings. The van der Waals surface area contributed by atoms with Gasteiger partial charge >= 0.3 is 0 Å². The van der Waals surface area contributed by atoms with Gasteiger partial charge in [-0.3, -0.25) is 4.79 Å². The zero-order valence-electron chi connectivity index (χ0n) is 11.8. The smallest absolute Gasteiger partial charge is 0.226 e. The van der Waals surface area contributed by atoms with Gasteiger partial charge in [-0.1, -0.05) is 12.2 Å². The molecule has 2 aliphatic rings. The molecule has 4 heterocycles. The monoisotopic (exact) mass is 332 g/mol. The summed E-state index contributed by atoms with van der Waals surface area (Å²) < 4.78 is 5.70. The van der Waals surface area contributed by atoms with Crippen LogP contribution in [0.2, 0.25) is 0 Å². The number of thiazole rings is 1. The average molecular weight is 332 g/mol. The molecule has 0 aromatic carbocycles. The molecule has 2 bridgehead atoms. The zero-order valence-corrected chi connectivity index (χ0v) is 13.5. The van der Waals surface area contributed by atoms with Crippen molar-refractivity contribution >= 4 is 28.6 Å². The molecule has 22 heavy (non-hydrogen) atoms. The molecule has 2 aromatic heterocycles. The van der Waals surface area contributed by atoms with E-state index in [4.69, 9.17) is 4.74 Å². The SMILES string of the molecule is O=C(N[C@@H](Cc1ccsc1)c1nccs1)[C@H]1C[C@@H]2C=C[C@@H]1O2. The van der Waals surface area contributed by atoms with Crippen LogP contribution in [-0.2, 0) is 16.0 Å². The highest BCUT2D eigenvalue weighted by atomic mass is 32.1. The van der Waals surface area contributed by atoms with E-state index in [0.717, 1.165) is 17.8 Å². The van der Waals surface area contributed by atoms with Crippen LogP contribution in [0.3, 0.4) is 0 Å². The van der Waals surface area contributed by atoms with Crippen molar-refractivity contribution in [2.24, 2.45) is 5.92 Å². The summed E-state index contributed by atoms with van der Waals surface area (Å²) in [5, 5.41) is 10.3. The number of rotatable bonds is 5. The van der Waals surface area contributed by atoms with Crippen molar-refractivity contribution in [2.75, 3.05) is 0 Å². The number of amides is 1. The molecule has 0 saturated carbocycles. The first kappa shape index (κ1) is 14.1. The first-order valence-electron chi connectivity index (χ1n) is 7.34. The van der Waals surface area contributed by atoms with Crippen LogP contribution in [-0.4, -0.2) is 23.1 Å². The molecular weight excluding hydrogens is 316 g/mol. The fourth-order valence-electron chi connectivity index (χ4n) is 3.06. The normalized spacial score (nSPS) is 27.2. The Morgan fingerprint density at radius 1 is 1.45 bits per heavy atom. The van der Waals surface area contributed by atoms with Crippen LogP contribution in [0.25, 0.3) is 0 Å². The molecule has 4 nitrogen and oxygen atoms in total. The molecule has 4 rings (SSSR count). The maximum Gasteiger partial charge on any atom is 0.226 e. The molecule has 0 unspecified atom stereocenters. The highest BCUT2D eigenvalue weighted by Gasteiger charge is 2.41. The van der Waals surface area contributed by atoms with E-state index in [2.05, 4.69) is 33.2 Å². The largest absolute Gasteiger partial charge is 0.366 e. The third-order valence-electron chi connectivity index (χ3n) is 4.15. The number of hydrogen-bond donors (Lipinski definition) is 1. The van der Waals surface area contributed by atoms with E-state index < -0.39 is 0 Å². The molecule has 1 fully saturated rings. The molecule has 2 aliphatic heterocycles. The second kappa shape index (κ2) is 5.95. The second-order valence-corrected chi connectivity index (χ2v) is 7.34. The Balaban J connectivity index is 1.49. The second-order valence-electron chi connectivity index (χ2n) is 5.63. The summed E-state index contributed by atoms with van der Waals surface area (Å²) in [6, 6.07) is 2.03. The Hall–Kier alpha value is -1.50. The van der Waals surface area contributed by atoms with E-state index in [1.165, 1.54) is 5.56 Å². The molecule has 114 valence electrons. The maximum atomic E-state index is 12.6. The van der Waals surface area contributed by atoms with Crippen LogP contribution in [0.15, 0.2) is 40.6 Å². The Morgan fingerprint density at radius 3 is 3.05 bits per heavy atom. The van der Waals surface area contributed by atoms with Gasteiger partial charge < -0.3 is 10.1 Å². The molecular formula is C16H16N2O2S2. The molecule has 1 amide bonds. The van der Waals surface area contributed by atoms with Crippen molar-refractivity contribution in [1.29, 1.82) is 0 Å². The van der Waals surface area contributed by atoms with Gasteiger partial charge in [-0.05, 0) is 28.8 Å². The van der Waals surface area contributed by atoms with Gasteiger partial charge in [0.25, 0.3) is 0 Å². The predicted molar refractivity (Wildman–Crippen MR) is 86.9 cm³/mol. The van der Waals surface area contributed by atoms with Gasteiger partial charge in [-0.2, -0.15) is 11.3 Å². The number of thiophene rings is 1. The van der Waals surface area contributed by atoms with Crippen LogP contribution in [0.4, 0.5) is 0 Å². The summed E-state index contributed by atoms with van der Waals surface area (Å²) in [5.41, 5.74) is 1.23. The lowest BCUT2D eigenvalue weighted by atomic mass is 9.93. The van der Waals surface area contributed by atoms with E-state index in [-0.39, 0.29) is 30.1 Å². The van der Waals surface area contributed by atoms with Gasteiger partial charge in [0.2, 0.25) is 5.91 Å². The Morgan fingerprint density at radius 2 is 2.41 bits per heavy atom. The number of aromatic nitrogens is 1. The number of nitrogens with one attached hydrogen (secondary N) is 1. The minimum Gasteiger partial charge on any atom is -0.366 e. The molecule has 1 N–H and O–H groups in total. The van der Waals surface area contributed by atoms with Crippen LogP contribution in [0.1, 0.15) is 23.0 Å². The Labute approximate surface area is 136 Å². The molecule has 6 heteroatoms. The van der Waals surface area contributed by atoms with Crippen molar-refractivity contribution in [3.05, 3.63) is 51.1 Å². The predicted octanol–water partition coefficient (Wildman–Crippen LogP) is 2.95. The minimum atomic E-state index is -0.0695. The quantitative estimate of drug-likeness (QED) is 0.857. The molecule has 0 aliphatic carbocycles. The lowest BCUT2D eigenvalue weighted by Gasteiger charge is -2.21. The van der Waals surface area contributed by atoms with Crippen molar-refractivity contribution in [3.8, 4) is 0 Å². The summed E-state index contributed by atoms with van der Waals surface area (Å²) in [5.74, 6) is 0.00668. The maximum absolute atomic E-state index is 12.6. The van der Waals surface area contributed by atoms with E-state index in [9.17, 15) is 4.79 Å². The van der Waals surface area contributed by atoms with E-state index in [1.807, 2.05) is 11.5 Å². The van der Waals surface area contributed by atoms with E-state index in [1.54, 1.807) is 28.9 Å². The molecule has 0 spiro atoms. The van der Waals surface area contributed by atoms with Crippen molar-refractivity contribution in [2.45, 2.75) is 31.1 Å². The first-order chi connectivity index (χ1) is 10.8. The van der Waals surface area contributed by atoms with Gasteiger partial charge in [0.1, 0.15) is 5.01 Å². The van der Waals surface area contributed by atoms with E-state index >= 15 is 0 Å². The Bertz CT molecular complexity index is 666. The van der Waals surface area contributed by atoms with Crippen LogP contribution < -0.4 is 5.32 Å². The van der Waals surface area contributed by atoms with Crippen LogP contribution in [0.5, 0.6) is 0 Å². The third kappa shape index (κ3) is 2.74. The summed E-state index contributed by atoms with van der Waals surface area (Å²) in [7, 11) is 0. The minimum absolute atomic E-state index is 0.0527. The summed E-state index contributed by atoms with van der Waals surface area (Å²) in [6.45, 7) is 0. The van der Waals surface area contributed by atoms with Gasteiger partial charge in [-0.15, -0.1) is 11.3 Å². The molecule has 4 atom stereocenters. The summed E-state index contributed by atoms with van der Waals surface area (Å²) >= 11 is 3.26. The van der Waals surface area contributed by atoms with Crippen LogP contribution in [0, 0.1) is 5.92 Å². The van der Waals surface area contributed by atoms with Crippen molar-refractivity contribution in [3.63, 3.8) is 0 Å². The highest BCUT2D eigenvalue weighted by Crippen LogP contribution is 2.34. The number of carbonyl (C=O) groups excluding carboxylic acids is 1. The lowest BCUT2D eigenvalue weighted by Crippen LogP contribution is -2.38. The van der Waals surface area contributed by atoms with Gasteiger partial charge in [0.15, 0.2) is 0 Å². The fraction of sp³-hybridized carbons (Fsp3) is 0.375. The van der Waals surface area contributed by atoms with Crippen molar-refractivity contribution in [1.82, 2.24) is 10.3 Å². The third-order valence-corrected chi connectivity index (χ3v) is 5.77. The highest BCUT2D eigenvalue weighted by molar-refractivity contribution is 7.09. The number of nitrogens with zero attached hydrogens (tertiary/aromatic N) is 1. The summed E-state index contributed by atoms with van der Waals surface area (Å²) in [6.07, 6.45) is 7.49. The van der Waals surface area contributed by atoms with Crippen LogP contribution >= 0.6 is 22.7 Å². The topological polar surface area (TPSA) is 51.2 Å². The number of fused-ring (bicyclic) bond motifs is 2. The lowest BCUT2D eigenvalue weighted by molar-refractivity contribution is -0.126.